The SMILES string of the molecule is Cc1ccc(C(=O)NNC(=O)Cc2ccc([N+](=O)[O-])cc2)c(C)c1. The number of amides is 2. The molecular formula is C17H17N3O4. The van der Waals surface area contributed by atoms with Gasteiger partial charge in [0.2, 0.25) is 5.91 Å². The topological polar surface area (TPSA) is 101 Å². The minimum atomic E-state index is -0.506. The van der Waals surface area contributed by atoms with Gasteiger partial charge in [0.15, 0.2) is 0 Å². The fourth-order valence-corrected chi connectivity index (χ4v) is 2.23. The van der Waals surface area contributed by atoms with Gasteiger partial charge in [-0.15, -0.1) is 0 Å². The number of nitrogens with zero attached hydrogens (tertiary/aromatic N) is 1. The highest BCUT2D eigenvalue weighted by Crippen LogP contribution is 2.12. The van der Waals surface area contributed by atoms with E-state index in [0.29, 0.717) is 11.1 Å². The molecule has 0 heterocycles. The molecule has 0 aromatic heterocycles. The summed E-state index contributed by atoms with van der Waals surface area (Å²) < 4.78 is 0. The molecule has 0 fully saturated rings. The highest BCUT2D eigenvalue weighted by atomic mass is 16.6. The molecule has 2 aromatic carbocycles. The molecule has 2 aromatic rings. The highest BCUT2D eigenvalue weighted by Gasteiger charge is 2.11. The van der Waals surface area contributed by atoms with Crippen LogP contribution in [0.4, 0.5) is 5.69 Å². The van der Waals surface area contributed by atoms with Gasteiger partial charge in [-0.1, -0.05) is 29.8 Å². The molecule has 24 heavy (non-hydrogen) atoms. The zero-order valence-electron chi connectivity index (χ0n) is 13.3. The van der Waals surface area contributed by atoms with Crippen molar-refractivity contribution in [2.75, 3.05) is 0 Å². The summed E-state index contributed by atoms with van der Waals surface area (Å²) in [6.07, 6.45) is 0.00511. The molecule has 0 aliphatic carbocycles. The molecular weight excluding hydrogens is 310 g/mol. The van der Waals surface area contributed by atoms with Gasteiger partial charge in [-0.05, 0) is 31.0 Å². The van der Waals surface area contributed by atoms with Crippen LogP contribution < -0.4 is 10.9 Å². The summed E-state index contributed by atoms with van der Waals surface area (Å²) in [5.74, 6) is -0.813. The normalized spacial score (nSPS) is 10.1. The lowest BCUT2D eigenvalue weighted by Crippen LogP contribution is -2.42. The first-order chi connectivity index (χ1) is 11.4. The van der Waals surface area contributed by atoms with Gasteiger partial charge in [-0.3, -0.25) is 30.6 Å². The number of rotatable bonds is 4. The standard InChI is InChI=1S/C17H17N3O4/c1-11-3-8-15(12(2)9-11)17(22)19-18-16(21)10-13-4-6-14(7-5-13)20(23)24/h3-9H,10H2,1-2H3,(H,18,21)(H,19,22). The Hall–Kier alpha value is -3.22. The number of nitro benzene ring substituents is 1. The molecule has 2 rings (SSSR count). The average Bonchev–Trinajstić information content (AvgIpc) is 2.53. The third kappa shape index (κ3) is 4.39. The van der Waals surface area contributed by atoms with Crippen LogP contribution in [0.1, 0.15) is 27.0 Å². The molecule has 0 aliphatic heterocycles. The first-order valence-corrected chi connectivity index (χ1v) is 7.26. The van der Waals surface area contributed by atoms with Gasteiger partial charge < -0.3 is 0 Å². The van der Waals surface area contributed by atoms with Gasteiger partial charge in [-0.25, -0.2) is 0 Å². The van der Waals surface area contributed by atoms with E-state index in [1.165, 1.54) is 24.3 Å². The van der Waals surface area contributed by atoms with Crippen molar-refractivity contribution in [2.45, 2.75) is 20.3 Å². The molecule has 124 valence electrons. The highest BCUT2D eigenvalue weighted by molar-refractivity contribution is 5.96. The van der Waals surface area contributed by atoms with Crippen LogP contribution >= 0.6 is 0 Å². The Kier molecular flexibility index (Phi) is 5.26. The molecule has 0 bridgehead atoms. The molecule has 7 nitrogen and oxygen atoms in total. The second kappa shape index (κ2) is 7.36. The van der Waals surface area contributed by atoms with E-state index in [-0.39, 0.29) is 12.1 Å². The molecule has 0 saturated carbocycles. The number of hydrogen-bond acceptors (Lipinski definition) is 4. The van der Waals surface area contributed by atoms with Gasteiger partial charge in [0.05, 0.1) is 11.3 Å². The number of non-ortho nitro benzene ring substituents is 1. The van der Waals surface area contributed by atoms with E-state index in [4.69, 9.17) is 0 Å². The van der Waals surface area contributed by atoms with E-state index in [1.807, 2.05) is 26.0 Å². The lowest BCUT2D eigenvalue weighted by molar-refractivity contribution is -0.384. The molecule has 7 heteroatoms. The number of hydrogen-bond donors (Lipinski definition) is 2. The van der Waals surface area contributed by atoms with Crippen LogP contribution in [-0.2, 0) is 11.2 Å². The minimum absolute atomic E-state index is 0.00511. The second-order valence-electron chi connectivity index (χ2n) is 5.42. The maximum Gasteiger partial charge on any atom is 0.269 e. The molecule has 0 atom stereocenters. The van der Waals surface area contributed by atoms with E-state index in [2.05, 4.69) is 10.9 Å². The Labute approximate surface area is 138 Å². The van der Waals surface area contributed by atoms with Crippen molar-refractivity contribution in [1.82, 2.24) is 10.9 Å². The van der Waals surface area contributed by atoms with Crippen molar-refractivity contribution in [1.29, 1.82) is 0 Å². The van der Waals surface area contributed by atoms with Crippen LogP contribution in [0, 0.1) is 24.0 Å². The fraction of sp³-hybridized carbons (Fsp3) is 0.176. The summed E-state index contributed by atoms with van der Waals surface area (Å²) in [5, 5.41) is 10.6. The Bertz CT molecular complexity index is 785. The molecule has 2 amide bonds. The van der Waals surface area contributed by atoms with E-state index < -0.39 is 16.7 Å². The van der Waals surface area contributed by atoms with E-state index in [9.17, 15) is 19.7 Å². The zero-order chi connectivity index (χ0) is 17.7. The molecule has 2 N–H and O–H groups in total. The quantitative estimate of drug-likeness (QED) is 0.664. The summed E-state index contributed by atoms with van der Waals surface area (Å²) in [6.45, 7) is 3.75. The predicted molar refractivity (Wildman–Crippen MR) is 88.3 cm³/mol. The van der Waals surface area contributed by atoms with Crippen LogP contribution in [0.5, 0.6) is 0 Å². The summed E-state index contributed by atoms with van der Waals surface area (Å²) in [7, 11) is 0. The van der Waals surface area contributed by atoms with Gasteiger partial charge in [0.25, 0.3) is 11.6 Å². The minimum Gasteiger partial charge on any atom is -0.273 e. The summed E-state index contributed by atoms with van der Waals surface area (Å²) in [5.41, 5.74) is 7.62. The smallest absolute Gasteiger partial charge is 0.269 e. The van der Waals surface area contributed by atoms with E-state index in [0.717, 1.165) is 11.1 Å². The van der Waals surface area contributed by atoms with Crippen LogP contribution in [0.3, 0.4) is 0 Å². The third-order valence-corrected chi connectivity index (χ3v) is 3.45. The monoisotopic (exact) mass is 327 g/mol. The van der Waals surface area contributed by atoms with Gasteiger partial charge in [0, 0.05) is 17.7 Å². The number of nitrogens with one attached hydrogen (secondary N) is 2. The Morgan fingerprint density at radius 1 is 1.04 bits per heavy atom. The first-order valence-electron chi connectivity index (χ1n) is 7.26. The summed E-state index contributed by atoms with van der Waals surface area (Å²) in [6, 6.07) is 11.1. The first kappa shape index (κ1) is 17.1. The summed E-state index contributed by atoms with van der Waals surface area (Å²) in [4.78, 5) is 34.0. The third-order valence-electron chi connectivity index (χ3n) is 3.45. The molecule has 0 saturated heterocycles. The van der Waals surface area contributed by atoms with Crippen LogP contribution in [0.15, 0.2) is 42.5 Å². The molecule has 0 spiro atoms. The zero-order valence-corrected chi connectivity index (χ0v) is 13.3. The Morgan fingerprint density at radius 3 is 2.29 bits per heavy atom. The van der Waals surface area contributed by atoms with Crippen LogP contribution in [0.2, 0.25) is 0 Å². The van der Waals surface area contributed by atoms with Gasteiger partial charge in [-0.2, -0.15) is 0 Å². The maximum absolute atomic E-state index is 12.1. The molecule has 0 aliphatic rings. The van der Waals surface area contributed by atoms with Crippen molar-refractivity contribution < 1.29 is 14.5 Å². The maximum atomic E-state index is 12.1. The average molecular weight is 327 g/mol. The largest absolute Gasteiger partial charge is 0.273 e. The molecule has 0 radical (unpaired) electrons. The van der Waals surface area contributed by atoms with E-state index in [1.54, 1.807) is 6.07 Å². The second-order valence-corrected chi connectivity index (χ2v) is 5.42. The fourth-order valence-electron chi connectivity index (χ4n) is 2.23. The molecule has 0 unspecified atom stereocenters. The van der Waals surface area contributed by atoms with Crippen molar-refractivity contribution in [3.8, 4) is 0 Å². The number of benzene rings is 2. The lowest BCUT2D eigenvalue weighted by Gasteiger charge is -2.09. The van der Waals surface area contributed by atoms with Crippen LogP contribution in [-0.4, -0.2) is 16.7 Å². The van der Waals surface area contributed by atoms with Crippen molar-refractivity contribution in [3.63, 3.8) is 0 Å². The Morgan fingerprint density at radius 2 is 1.71 bits per heavy atom. The van der Waals surface area contributed by atoms with Crippen molar-refractivity contribution in [2.24, 2.45) is 0 Å². The predicted octanol–water partition coefficient (Wildman–Crippen LogP) is 2.22. The van der Waals surface area contributed by atoms with Crippen LogP contribution in [0.25, 0.3) is 0 Å². The number of aryl methyl sites for hydroxylation is 2. The summed E-state index contributed by atoms with van der Waals surface area (Å²) >= 11 is 0. The number of carbonyl (C=O) groups excluding carboxylic acids is 2. The number of hydrazine groups is 1. The van der Waals surface area contributed by atoms with E-state index >= 15 is 0 Å². The number of nitro groups is 1. The van der Waals surface area contributed by atoms with Crippen molar-refractivity contribution in [3.05, 3.63) is 74.8 Å². The van der Waals surface area contributed by atoms with Crippen molar-refractivity contribution >= 4 is 17.5 Å². The Balaban J connectivity index is 1.90. The van der Waals surface area contributed by atoms with Gasteiger partial charge >= 0.3 is 0 Å². The lowest BCUT2D eigenvalue weighted by atomic mass is 10.1. The number of carbonyl (C=O) groups is 2. The van der Waals surface area contributed by atoms with Gasteiger partial charge in [0.1, 0.15) is 0 Å².